The molecule has 2 N–H and O–H groups in total. The molecular weight excluding hydrogens is 378 g/mol. The summed E-state index contributed by atoms with van der Waals surface area (Å²) in [6, 6.07) is 13.2. The predicted octanol–water partition coefficient (Wildman–Crippen LogP) is 4.85. The number of nitrogens with one attached hydrogen (secondary N) is 2. The van der Waals surface area contributed by atoms with E-state index in [0.717, 1.165) is 46.1 Å². The molecule has 0 atom stereocenters. The van der Waals surface area contributed by atoms with E-state index in [-0.39, 0.29) is 0 Å². The highest BCUT2D eigenvalue weighted by molar-refractivity contribution is 7.16. The van der Waals surface area contributed by atoms with Crippen molar-refractivity contribution in [2.24, 2.45) is 0 Å². The van der Waals surface area contributed by atoms with Gasteiger partial charge in [0, 0.05) is 46.9 Å². The number of aromatic amines is 1. The average Bonchev–Trinajstić information content (AvgIpc) is 3.37. The minimum absolute atomic E-state index is 0.559. The Labute approximate surface area is 174 Å². The number of benzene rings is 1. The highest BCUT2D eigenvalue weighted by Gasteiger charge is 2.22. The van der Waals surface area contributed by atoms with Crippen molar-refractivity contribution in [1.29, 1.82) is 0 Å². The van der Waals surface area contributed by atoms with E-state index in [1.54, 1.807) is 11.3 Å². The number of hydrogen-bond acceptors (Lipinski definition) is 5. The van der Waals surface area contributed by atoms with E-state index >= 15 is 0 Å². The lowest BCUT2D eigenvalue weighted by molar-refractivity contribution is 0.443. The minimum Gasteiger partial charge on any atom is -0.348 e. The van der Waals surface area contributed by atoms with Gasteiger partial charge < -0.3 is 15.2 Å². The SMILES string of the molecule is Cc1sc(N(C)C2CCNCC2)nc1-c1c[nH]c2ncc(-c3ccccc3)cc12. The van der Waals surface area contributed by atoms with Crippen molar-refractivity contribution in [2.75, 3.05) is 25.0 Å². The van der Waals surface area contributed by atoms with Crippen molar-refractivity contribution in [2.45, 2.75) is 25.8 Å². The molecule has 148 valence electrons. The van der Waals surface area contributed by atoms with Crippen LogP contribution in [0.5, 0.6) is 0 Å². The maximum absolute atomic E-state index is 5.06. The molecule has 0 saturated carbocycles. The Morgan fingerprint density at radius 2 is 1.90 bits per heavy atom. The Morgan fingerprint density at radius 1 is 1.10 bits per heavy atom. The fourth-order valence-corrected chi connectivity index (χ4v) is 5.08. The number of fused-ring (bicyclic) bond motifs is 1. The van der Waals surface area contributed by atoms with Crippen LogP contribution in [0.15, 0.2) is 48.8 Å². The van der Waals surface area contributed by atoms with E-state index in [0.29, 0.717) is 6.04 Å². The predicted molar refractivity (Wildman–Crippen MR) is 122 cm³/mol. The van der Waals surface area contributed by atoms with Crippen molar-refractivity contribution in [3.8, 4) is 22.4 Å². The smallest absolute Gasteiger partial charge is 0.186 e. The third kappa shape index (κ3) is 3.43. The van der Waals surface area contributed by atoms with Gasteiger partial charge in [0.1, 0.15) is 5.65 Å². The first-order valence-electron chi connectivity index (χ1n) is 10.1. The van der Waals surface area contributed by atoms with Gasteiger partial charge in [0.25, 0.3) is 0 Å². The van der Waals surface area contributed by atoms with Gasteiger partial charge in [0.2, 0.25) is 0 Å². The van der Waals surface area contributed by atoms with Crippen LogP contribution in [0.4, 0.5) is 5.13 Å². The molecule has 1 aromatic carbocycles. The summed E-state index contributed by atoms with van der Waals surface area (Å²) in [7, 11) is 2.18. The molecule has 0 amide bonds. The number of piperidine rings is 1. The third-order valence-corrected chi connectivity index (χ3v) is 6.90. The molecule has 29 heavy (non-hydrogen) atoms. The molecule has 1 aliphatic heterocycles. The van der Waals surface area contributed by atoms with E-state index in [1.165, 1.54) is 23.3 Å². The van der Waals surface area contributed by atoms with Crippen LogP contribution in [0.3, 0.4) is 0 Å². The van der Waals surface area contributed by atoms with Gasteiger partial charge in [-0.3, -0.25) is 0 Å². The van der Waals surface area contributed by atoms with Crippen molar-refractivity contribution in [3.05, 3.63) is 53.7 Å². The van der Waals surface area contributed by atoms with Crippen molar-refractivity contribution in [3.63, 3.8) is 0 Å². The summed E-state index contributed by atoms with van der Waals surface area (Å²) in [6.07, 6.45) is 6.31. The zero-order chi connectivity index (χ0) is 19.8. The van der Waals surface area contributed by atoms with Gasteiger partial charge >= 0.3 is 0 Å². The van der Waals surface area contributed by atoms with Gasteiger partial charge in [0.15, 0.2) is 5.13 Å². The molecule has 0 unspecified atom stereocenters. The van der Waals surface area contributed by atoms with Crippen LogP contribution >= 0.6 is 11.3 Å². The monoisotopic (exact) mass is 403 g/mol. The van der Waals surface area contributed by atoms with Gasteiger partial charge in [-0.25, -0.2) is 9.97 Å². The first-order chi connectivity index (χ1) is 14.2. The lowest BCUT2D eigenvalue weighted by Gasteiger charge is -2.31. The Hall–Kier alpha value is -2.70. The lowest BCUT2D eigenvalue weighted by atomic mass is 10.0. The zero-order valence-corrected chi connectivity index (χ0v) is 17.6. The summed E-state index contributed by atoms with van der Waals surface area (Å²) in [5.41, 5.74) is 5.39. The summed E-state index contributed by atoms with van der Waals surface area (Å²) >= 11 is 1.78. The maximum Gasteiger partial charge on any atom is 0.186 e. The molecule has 1 saturated heterocycles. The topological polar surface area (TPSA) is 56.8 Å². The molecule has 1 aliphatic rings. The van der Waals surface area contributed by atoms with E-state index in [9.17, 15) is 0 Å². The number of pyridine rings is 1. The summed E-state index contributed by atoms with van der Waals surface area (Å²) in [5, 5.41) is 5.67. The second-order valence-corrected chi connectivity index (χ2v) is 8.86. The number of aromatic nitrogens is 3. The highest BCUT2D eigenvalue weighted by Crippen LogP contribution is 2.37. The number of rotatable bonds is 4. The number of nitrogens with zero attached hydrogens (tertiary/aromatic N) is 3. The molecule has 0 spiro atoms. The average molecular weight is 404 g/mol. The molecule has 4 aromatic rings. The zero-order valence-electron chi connectivity index (χ0n) is 16.8. The standard InChI is InChI=1S/C23H25N5S/c1-15-21(27-23(29-15)28(2)18-8-10-24-11-9-18)20-14-26-22-19(20)12-17(13-25-22)16-6-4-3-5-7-16/h3-7,12-14,18,24H,8-11H2,1-2H3,(H,25,26). The minimum atomic E-state index is 0.559. The number of aryl methyl sites for hydroxylation is 1. The van der Waals surface area contributed by atoms with Gasteiger partial charge in [-0.1, -0.05) is 30.3 Å². The molecule has 5 rings (SSSR count). The van der Waals surface area contributed by atoms with Crippen LogP contribution in [0, 0.1) is 6.92 Å². The van der Waals surface area contributed by atoms with Crippen LogP contribution < -0.4 is 10.2 Å². The van der Waals surface area contributed by atoms with Crippen LogP contribution in [-0.4, -0.2) is 41.1 Å². The second-order valence-electron chi connectivity index (χ2n) is 7.68. The summed E-state index contributed by atoms with van der Waals surface area (Å²) in [5.74, 6) is 0. The van der Waals surface area contributed by atoms with Crippen LogP contribution in [0.2, 0.25) is 0 Å². The largest absolute Gasteiger partial charge is 0.348 e. The number of anilines is 1. The molecule has 0 bridgehead atoms. The summed E-state index contributed by atoms with van der Waals surface area (Å²) in [4.78, 5) is 16.6. The highest BCUT2D eigenvalue weighted by atomic mass is 32.1. The third-order valence-electron chi connectivity index (χ3n) is 5.84. The van der Waals surface area contributed by atoms with Crippen LogP contribution in [0.1, 0.15) is 17.7 Å². The summed E-state index contributed by atoms with van der Waals surface area (Å²) in [6.45, 7) is 4.34. The first-order valence-corrected chi connectivity index (χ1v) is 11.0. The number of thiazole rings is 1. The number of H-pyrrole nitrogens is 1. The Balaban J connectivity index is 1.53. The Bertz CT molecular complexity index is 1120. The maximum atomic E-state index is 5.06. The van der Waals surface area contributed by atoms with Gasteiger partial charge in [-0.05, 0) is 44.5 Å². The molecule has 3 aromatic heterocycles. The normalized spacial score (nSPS) is 15.1. The quantitative estimate of drug-likeness (QED) is 0.511. The summed E-state index contributed by atoms with van der Waals surface area (Å²) < 4.78 is 0. The fourth-order valence-electron chi connectivity index (χ4n) is 4.12. The van der Waals surface area contributed by atoms with Crippen LogP contribution in [0.25, 0.3) is 33.4 Å². The van der Waals surface area contributed by atoms with E-state index < -0.39 is 0 Å². The van der Waals surface area contributed by atoms with Crippen molar-refractivity contribution >= 4 is 27.5 Å². The van der Waals surface area contributed by atoms with E-state index in [2.05, 4.69) is 64.5 Å². The van der Waals surface area contributed by atoms with E-state index in [1.807, 2.05) is 18.5 Å². The number of hydrogen-bond donors (Lipinski definition) is 2. The lowest BCUT2D eigenvalue weighted by Crippen LogP contribution is -2.41. The van der Waals surface area contributed by atoms with Crippen LogP contribution in [-0.2, 0) is 0 Å². The van der Waals surface area contributed by atoms with Gasteiger partial charge in [-0.15, -0.1) is 11.3 Å². The van der Waals surface area contributed by atoms with E-state index in [4.69, 9.17) is 4.98 Å². The molecule has 6 heteroatoms. The fraction of sp³-hybridized carbons (Fsp3) is 0.304. The second kappa shape index (κ2) is 7.61. The molecule has 0 radical (unpaired) electrons. The van der Waals surface area contributed by atoms with Crippen molar-refractivity contribution in [1.82, 2.24) is 20.3 Å². The Kier molecular flexibility index (Phi) is 4.81. The molecule has 0 aliphatic carbocycles. The van der Waals surface area contributed by atoms with Crippen molar-refractivity contribution < 1.29 is 0 Å². The Morgan fingerprint density at radius 3 is 2.69 bits per heavy atom. The molecule has 5 nitrogen and oxygen atoms in total. The van der Waals surface area contributed by atoms with Gasteiger partial charge in [0.05, 0.1) is 5.69 Å². The molecular formula is C23H25N5S. The first kappa shape index (κ1) is 18.3. The van der Waals surface area contributed by atoms with Gasteiger partial charge in [-0.2, -0.15) is 0 Å². The molecule has 1 fully saturated rings. The molecule has 4 heterocycles.